The maximum atomic E-state index is 5.82. The highest BCUT2D eigenvalue weighted by Crippen LogP contribution is 2.18. The SMILES string of the molecule is COCCn1c(N)nc2c(C)ccnc21. The summed E-state index contributed by atoms with van der Waals surface area (Å²) < 4.78 is 6.88. The van der Waals surface area contributed by atoms with E-state index in [1.165, 1.54) is 0 Å². The minimum absolute atomic E-state index is 0.490. The van der Waals surface area contributed by atoms with E-state index in [9.17, 15) is 0 Å². The number of hydrogen-bond acceptors (Lipinski definition) is 4. The highest BCUT2D eigenvalue weighted by atomic mass is 16.5. The largest absolute Gasteiger partial charge is 0.383 e. The molecule has 0 fully saturated rings. The second-order valence-corrected chi connectivity index (χ2v) is 3.41. The number of hydrogen-bond donors (Lipinski definition) is 1. The van der Waals surface area contributed by atoms with Crippen molar-refractivity contribution in [1.82, 2.24) is 14.5 Å². The molecule has 0 amide bonds. The quantitative estimate of drug-likeness (QED) is 0.812. The van der Waals surface area contributed by atoms with Gasteiger partial charge in [-0.05, 0) is 18.6 Å². The third kappa shape index (κ3) is 1.66. The molecule has 0 unspecified atom stereocenters. The maximum absolute atomic E-state index is 5.82. The van der Waals surface area contributed by atoms with Gasteiger partial charge >= 0.3 is 0 Å². The Bertz CT molecular complexity index is 477. The first kappa shape index (κ1) is 9.92. The van der Waals surface area contributed by atoms with E-state index in [1.54, 1.807) is 13.3 Å². The molecule has 0 aromatic carbocycles. The summed E-state index contributed by atoms with van der Waals surface area (Å²) in [5.41, 5.74) is 8.60. The van der Waals surface area contributed by atoms with Gasteiger partial charge in [0.1, 0.15) is 5.52 Å². The van der Waals surface area contributed by atoms with Crippen LogP contribution in [-0.4, -0.2) is 28.3 Å². The van der Waals surface area contributed by atoms with Crippen LogP contribution in [0.5, 0.6) is 0 Å². The standard InChI is InChI=1S/C10H14N4O/c1-7-3-4-12-9-8(7)13-10(11)14(9)5-6-15-2/h3-4H,5-6H2,1-2H3,(H2,11,13). The van der Waals surface area contributed by atoms with Gasteiger partial charge in [-0.3, -0.25) is 4.57 Å². The van der Waals surface area contributed by atoms with Crippen molar-refractivity contribution in [2.24, 2.45) is 0 Å². The van der Waals surface area contributed by atoms with Gasteiger partial charge in [-0.25, -0.2) is 9.97 Å². The molecule has 0 spiro atoms. The predicted molar refractivity (Wildman–Crippen MR) is 58.6 cm³/mol. The normalized spacial score (nSPS) is 11.1. The zero-order valence-electron chi connectivity index (χ0n) is 8.90. The summed E-state index contributed by atoms with van der Waals surface area (Å²) in [7, 11) is 1.66. The molecule has 0 saturated heterocycles. The molecule has 2 aromatic rings. The number of aromatic nitrogens is 3. The van der Waals surface area contributed by atoms with Gasteiger partial charge in [0.25, 0.3) is 0 Å². The number of nitrogen functional groups attached to an aromatic ring is 1. The first-order chi connectivity index (χ1) is 7.24. The minimum atomic E-state index is 0.490. The molecule has 80 valence electrons. The van der Waals surface area contributed by atoms with Gasteiger partial charge in [0, 0.05) is 13.3 Å². The molecule has 2 rings (SSSR count). The van der Waals surface area contributed by atoms with E-state index < -0.39 is 0 Å². The van der Waals surface area contributed by atoms with Gasteiger partial charge in [0.05, 0.1) is 13.2 Å². The molecule has 0 saturated carbocycles. The number of fused-ring (bicyclic) bond motifs is 1. The van der Waals surface area contributed by atoms with Gasteiger partial charge < -0.3 is 10.5 Å². The van der Waals surface area contributed by atoms with Gasteiger partial charge in [-0.1, -0.05) is 0 Å². The lowest BCUT2D eigenvalue weighted by molar-refractivity contribution is 0.188. The Kier molecular flexibility index (Phi) is 2.55. The Balaban J connectivity index is 2.53. The van der Waals surface area contributed by atoms with Crippen LogP contribution >= 0.6 is 0 Å². The molecule has 0 aliphatic carbocycles. The molecule has 2 aromatic heterocycles. The van der Waals surface area contributed by atoms with E-state index in [0.717, 1.165) is 16.7 Å². The second kappa shape index (κ2) is 3.86. The monoisotopic (exact) mass is 206 g/mol. The second-order valence-electron chi connectivity index (χ2n) is 3.41. The first-order valence-corrected chi connectivity index (χ1v) is 4.80. The van der Waals surface area contributed by atoms with Crippen molar-refractivity contribution in [3.8, 4) is 0 Å². The number of imidazole rings is 1. The number of pyridine rings is 1. The van der Waals surface area contributed by atoms with Crippen molar-refractivity contribution >= 4 is 17.1 Å². The van der Waals surface area contributed by atoms with Gasteiger partial charge in [-0.2, -0.15) is 0 Å². The zero-order chi connectivity index (χ0) is 10.8. The molecule has 0 aliphatic heterocycles. The number of rotatable bonds is 3. The fourth-order valence-corrected chi connectivity index (χ4v) is 1.56. The van der Waals surface area contributed by atoms with Crippen LogP contribution in [-0.2, 0) is 11.3 Å². The number of aryl methyl sites for hydroxylation is 1. The lowest BCUT2D eigenvalue weighted by Crippen LogP contribution is -2.08. The summed E-state index contributed by atoms with van der Waals surface area (Å²) >= 11 is 0. The molecular formula is C10H14N4O. The molecule has 0 atom stereocenters. The molecule has 15 heavy (non-hydrogen) atoms. The van der Waals surface area contributed by atoms with E-state index >= 15 is 0 Å². The molecule has 0 bridgehead atoms. The Morgan fingerprint density at radius 1 is 1.53 bits per heavy atom. The third-order valence-electron chi connectivity index (χ3n) is 2.38. The van der Waals surface area contributed by atoms with E-state index in [4.69, 9.17) is 10.5 Å². The van der Waals surface area contributed by atoms with Crippen LogP contribution in [0, 0.1) is 6.92 Å². The van der Waals surface area contributed by atoms with E-state index in [-0.39, 0.29) is 0 Å². The minimum Gasteiger partial charge on any atom is -0.383 e. The molecular weight excluding hydrogens is 192 g/mol. The zero-order valence-corrected chi connectivity index (χ0v) is 8.90. The average molecular weight is 206 g/mol. The number of nitrogens with two attached hydrogens (primary N) is 1. The number of ether oxygens (including phenoxy) is 1. The van der Waals surface area contributed by atoms with Crippen molar-refractivity contribution < 1.29 is 4.74 Å². The van der Waals surface area contributed by atoms with Crippen LogP contribution in [0.25, 0.3) is 11.2 Å². The fraction of sp³-hybridized carbons (Fsp3) is 0.400. The summed E-state index contributed by atoms with van der Waals surface area (Å²) in [5.74, 6) is 0.490. The summed E-state index contributed by atoms with van der Waals surface area (Å²) in [6.45, 7) is 3.28. The summed E-state index contributed by atoms with van der Waals surface area (Å²) in [6, 6.07) is 1.93. The summed E-state index contributed by atoms with van der Waals surface area (Å²) in [6.07, 6.45) is 1.77. The fourth-order valence-electron chi connectivity index (χ4n) is 1.56. The maximum Gasteiger partial charge on any atom is 0.202 e. The molecule has 2 heterocycles. The highest BCUT2D eigenvalue weighted by molar-refractivity contribution is 5.77. The van der Waals surface area contributed by atoms with Crippen molar-refractivity contribution in [2.45, 2.75) is 13.5 Å². The molecule has 0 radical (unpaired) electrons. The predicted octanol–water partition coefficient (Wildman–Crippen LogP) is 0.968. The Hall–Kier alpha value is -1.62. The van der Waals surface area contributed by atoms with Crippen molar-refractivity contribution in [3.05, 3.63) is 17.8 Å². The van der Waals surface area contributed by atoms with Gasteiger partial charge in [-0.15, -0.1) is 0 Å². The smallest absolute Gasteiger partial charge is 0.202 e. The number of methoxy groups -OCH3 is 1. The average Bonchev–Trinajstić information content (AvgIpc) is 2.54. The van der Waals surface area contributed by atoms with E-state index in [1.807, 2.05) is 17.6 Å². The molecule has 5 heteroatoms. The van der Waals surface area contributed by atoms with Crippen molar-refractivity contribution in [1.29, 1.82) is 0 Å². The Morgan fingerprint density at radius 2 is 2.33 bits per heavy atom. The molecule has 0 aliphatic rings. The van der Waals surface area contributed by atoms with Crippen LogP contribution in [0.3, 0.4) is 0 Å². The van der Waals surface area contributed by atoms with Gasteiger partial charge in [0.2, 0.25) is 5.95 Å². The Morgan fingerprint density at radius 3 is 3.07 bits per heavy atom. The highest BCUT2D eigenvalue weighted by Gasteiger charge is 2.10. The molecule has 5 nitrogen and oxygen atoms in total. The Labute approximate surface area is 87.9 Å². The van der Waals surface area contributed by atoms with Gasteiger partial charge in [0.15, 0.2) is 5.65 Å². The number of anilines is 1. The van der Waals surface area contributed by atoms with Crippen molar-refractivity contribution in [2.75, 3.05) is 19.5 Å². The summed E-state index contributed by atoms with van der Waals surface area (Å²) in [5, 5.41) is 0. The van der Waals surface area contributed by atoms with E-state index in [2.05, 4.69) is 9.97 Å². The number of nitrogens with zero attached hydrogens (tertiary/aromatic N) is 3. The first-order valence-electron chi connectivity index (χ1n) is 4.80. The van der Waals surface area contributed by atoms with E-state index in [0.29, 0.717) is 19.1 Å². The lowest BCUT2D eigenvalue weighted by Gasteiger charge is -2.04. The van der Waals surface area contributed by atoms with Crippen LogP contribution in [0.15, 0.2) is 12.3 Å². The lowest BCUT2D eigenvalue weighted by atomic mass is 10.3. The van der Waals surface area contributed by atoms with Crippen LogP contribution in [0.4, 0.5) is 5.95 Å². The van der Waals surface area contributed by atoms with Crippen LogP contribution in [0.1, 0.15) is 5.56 Å². The third-order valence-corrected chi connectivity index (χ3v) is 2.38. The molecule has 2 N–H and O–H groups in total. The van der Waals surface area contributed by atoms with Crippen molar-refractivity contribution in [3.63, 3.8) is 0 Å². The van der Waals surface area contributed by atoms with Crippen LogP contribution < -0.4 is 5.73 Å². The summed E-state index contributed by atoms with van der Waals surface area (Å²) in [4.78, 5) is 8.57. The van der Waals surface area contributed by atoms with Crippen LogP contribution in [0.2, 0.25) is 0 Å². The topological polar surface area (TPSA) is 66.0 Å².